The number of rotatable bonds is 2. The van der Waals surface area contributed by atoms with Crippen LogP contribution in [-0.2, 0) is 6.54 Å². The highest BCUT2D eigenvalue weighted by molar-refractivity contribution is 5.87. The van der Waals surface area contributed by atoms with Gasteiger partial charge < -0.3 is 10.8 Å². The lowest BCUT2D eigenvalue weighted by molar-refractivity contribution is 0.195. The Bertz CT molecular complexity index is 366. The van der Waals surface area contributed by atoms with Crippen LogP contribution >= 0.6 is 0 Å². The number of nitrogens with zero attached hydrogens (tertiary/aromatic N) is 1. The molecule has 88 valence electrons. The summed E-state index contributed by atoms with van der Waals surface area (Å²) in [6.07, 6.45) is -0.951. The zero-order valence-electron chi connectivity index (χ0n) is 9.90. The smallest absolute Gasteiger partial charge is 0.412 e. The van der Waals surface area contributed by atoms with Crippen molar-refractivity contribution in [2.24, 2.45) is 5.73 Å². The summed E-state index contributed by atoms with van der Waals surface area (Å²) in [6, 6.07) is 7.25. The zero-order chi connectivity index (χ0) is 12.3. The van der Waals surface area contributed by atoms with Crippen LogP contribution in [0.4, 0.5) is 10.5 Å². The van der Waals surface area contributed by atoms with Crippen molar-refractivity contribution in [2.45, 2.75) is 32.9 Å². The molecule has 0 saturated heterocycles. The van der Waals surface area contributed by atoms with E-state index in [1.165, 1.54) is 4.90 Å². The summed E-state index contributed by atoms with van der Waals surface area (Å²) < 4.78 is 0. The van der Waals surface area contributed by atoms with Gasteiger partial charge in [0.15, 0.2) is 0 Å². The minimum atomic E-state index is -0.951. The Morgan fingerprint density at radius 2 is 1.81 bits per heavy atom. The Labute approximate surface area is 95.7 Å². The van der Waals surface area contributed by atoms with E-state index in [1.54, 1.807) is 12.1 Å². The quantitative estimate of drug-likeness (QED) is 0.807. The standard InChI is InChI=1S/C12H18N2O2/c1-12(2,3)14(11(15)16)10-6-4-9(8-13)5-7-10/h4-7H,8,13H2,1-3H3,(H,15,16). The molecule has 1 amide bonds. The molecule has 0 saturated carbocycles. The largest absolute Gasteiger partial charge is 0.465 e. The maximum atomic E-state index is 11.2. The molecule has 16 heavy (non-hydrogen) atoms. The number of carbonyl (C=O) groups is 1. The first kappa shape index (κ1) is 12.5. The SMILES string of the molecule is CC(C)(C)N(C(=O)O)c1ccc(CN)cc1. The molecular weight excluding hydrogens is 204 g/mol. The monoisotopic (exact) mass is 222 g/mol. The number of nitrogens with two attached hydrogens (primary N) is 1. The van der Waals surface area contributed by atoms with Gasteiger partial charge in [-0.1, -0.05) is 12.1 Å². The summed E-state index contributed by atoms with van der Waals surface area (Å²) in [4.78, 5) is 12.5. The van der Waals surface area contributed by atoms with E-state index < -0.39 is 11.6 Å². The third-order valence-electron chi connectivity index (χ3n) is 2.29. The third kappa shape index (κ3) is 2.73. The van der Waals surface area contributed by atoms with Crippen LogP contribution in [0.5, 0.6) is 0 Å². The second-order valence-electron chi connectivity index (χ2n) is 4.66. The average molecular weight is 222 g/mol. The summed E-state index contributed by atoms with van der Waals surface area (Å²) in [7, 11) is 0. The highest BCUT2D eigenvalue weighted by Gasteiger charge is 2.27. The van der Waals surface area contributed by atoms with Gasteiger partial charge >= 0.3 is 6.09 Å². The minimum absolute atomic E-state index is 0.461. The number of hydrogen-bond donors (Lipinski definition) is 2. The lowest BCUT2D eigenvalue weighted by Gasteiger charge is -2.33. The van der Waals surface area contributed by atoms with Crippen molar-refractivity contribution >= 4 is 11.8 Å². The van der Waals surface area contributed by atoms with Gasteiger partial charge in [0.1, 0.15) is 0 Å². The van der Waals surface area contributed by atoms with Crippen LogP contribution in [0.2, 0.25) is 0 Å². The van der Waals surface area contributed by atoms with E-state index in [0.29, 0.717) is 12.2 Å². The van der Waals surface area contributed by atoms with E-state index in [-0.39, 0.29) is 0 Å². The summed E-state index contributed by atoms with van der Waals surface area (Å²) >= 11 is 0. The molecule has 0 aliphatic heterocycles. The molecular formula is C12H18N2O2. The summed E-state index contributed by atoms with van der Waals surface area (Å²) in [5.74, 6) is 0. The van der Waals surface area contributed by atoms with Gasteiger partial charge in [0.05, 0.1) is 0 Å². The van der Waals surface area contributed by atoms with Gasteiger partial charge in [-0.05, 0) is 38.5 Å². The van der Waals surface area contributed by atoms with Crippen LogP contribution in [0.15, 0.2) is 24.3 Å². The molecule has 0 spiro atoms. The number of hydrogen-bond acceptors (Lipinski definition) is 2. The number of benzene rings is 1. The maximum absolute atomic E-state index is 11.2. The maximum Gasteiger partial charge on any atom is 0.412 e. The van der Waals surface area contributed by atoms with Gasteiger partial charge in [-0.25, -0.2) is 4.79 Å². The Balaban J connectivity index is 3.07. The lowest BCUT2D eigenvalue weighted by atomic mass is 10.0. The number of carboxylic acid groups (broad SMARTS) is 1. The van der Waals surface area contributed by atoms with E-state index >= 15 is 0 Å². The van der Waals surface area contributed by atoms with Crippen molar-refractivity contribution in [1.29, 1.82) is 0 Å². The predicted octanol–water partition coefficient (Wildman–Crippen LogP) is 2.43. The first-order valence-corrected chi connectivity index (χ1v) is 5.18. The Kier molecular flexibility index (Phi) is 3.55. The Morgan fingerprint density at radius 1 is 1.31 bits per heavy atom. The fourth-order valence-electron chi connectivity index (χ4n) is 1.57. The topological polar surface area (TPSA) is 66.6 Å². The lowest BCUT2D eigenvalue weighted by Crippen LogP contribution is -2.45. The van der Waals surface area contributed by atoms with Gasteiger partial charge in [0.25, 0.3) is 0 Å². The second kappa shape index (κ2) is 4.53. The van der Waals surface area contributed by atoms with E-state index in [0.717, 1.165) is 5.56 Å². The third-order valence-corrected chi connectivity index (χ3v) is 2.29. The van der Waals surface area contributed by atoms with Gasteiger partial charge in [0.2, 0.25) is 0 Å². The second-order valence-corrected chi connectivity index (χ2v) is 4.66. The molecule has 0 atom stereocenters. The molecule has 0 aliphatic carbocycles. The van der Waals surface area contributed by atoms with Crippen molar-refractivity contribution in [3.05, 3.63) is 29.8 Å². The number of anilines is 1. The van der Waals surface area contributed by atoms with Crippen LogP contribution in [0.1, 0.15) is 26.3 Å². The van der Waals surface area contributed by atoms with E-state index in [1.807, 2.05) is 32.9 Å². The molecule has 0 heterocycles. The molecule has 0 aromatic heterocycles. The molecule has 1 aromatic carbocycles. The molecule has 1 aromatic rings. The minimum Gasteiger partial charge on any atom is -0.465 e. The summed E-state index contributed by atoms with van der Waals surface area (Å²) in [6.45, 7) is 6.04. The van der Waals surface area contributed by atoms with Crippen molar-refractivity contribution in [3.63, 3.8) is 0 Å². The molecule has 0 unspecified atom stereocenters. The Hall–Kier alpha value is -1.55. The van der Waals surface area contributed by atoms with Gasteiger partial charge in [0, 0.05) is 17.8 Å². The molecule has 4 heteroatoms. The van der Waals surface area contributed by atoms with Crippen LogP contribution in [0.25, 0.3) is 0 Å². The van der Waals surface area contributed by atoms with Crippen LogP contribution in [0, 0.1) is 0 Å². The zero-order valence-corrected chi connectivity index (χ0v) is 9.90. The van der Waals surface area contributed by atoms with Crippen molar-refractivity contribution < 1.29 is 9.90 Å². The van der Waals surface area contributed by atoms with Crippen LogP contribution in [-0.4, -0.2) is 16.7 Å². The van der Waals surface area contributed by atoms with Crippen molar-refractivity contribution in [3.8, 4) is 0 Å². The highest BCUT2D eigenvalue weighted by atomic mass is 16.4. The average Bonchev–Trinajstić information content (AvgIpc) is 2.16. The van der Waals surface area contributed by atoms with Crippen molar-refractivity contribution in [2.75, 3.05) is 4.90 Å². The van der Waals surface area contributed by atoms with Gasteiger partial charge in [-0.3, -0.25) is 4.90 Å². The van der Waals surface area contributed by atoms with Gasteiger partial charge in [-0.2, -0.15) is 0 Å². The molecule has 1 rings (SSSR count). The molecule has 0 radical (unpaired) electrons. The van der Waals surface area contributed by atoms with E-state index in [9.17, 15) is 9.90 Å². The highest BCUT2D eigenvalue weighted by Crippen LogP contribution is 2.24. The molecule has 0 fully saturated rings. The first-order chi connectivity index (χ1) is 7.36. The van der Waals surface area contributed by atoms with Crippen LogP contribution < -0.4 is 10.6 Å². The number of amides is 1. The van der Waals surface area contributed by atoms with E-state index in [4.69, 9.17) is 5.73 Å². The molecule has 0 bridgehead atoms. The van der Waals surface area contributed by atoms with Crippen LogP contribution in [0.3, 0.4) is 0 Å². The normalized spacial score (nSPS) is 11.2. The molecule has 0 aliphatic rings. The summed E-state index contributed by atoms with van der Waals surface area (Å²) in [5, 5.41) is 9.19. The fraction of sp³-hybridized carbons (Fsp3) is 0.417. The molecule has 4 nitrogen and oxygen atoms in total. The first-order valence-electron chi connectivity index (χ1n) is 5.18. The van der Waals surface area contributed by atoms with E-state index in [2.05, 4.69) is 0 Å². The summed E-state index contributed by atoms with van der Waals surface area (Å²) in [5.41, 5.74) is 6.68. The molecule has 3 N–H and O–H groups in total. The predicted molar refractivity (Wildman–Crippen MR) is 64.6 cm³/mol. The fourth-order valence-corrected chi connectivity index (χ4v) is 1.57. The Morgan fingerprint density at radius 3 is 2.12 bits per heavy atom. The van der Waals surface area contributed by atoms with Gasteiger partial charge in [-0.15, -0.1) is 0 Å². The van der Waals surface area contributed by atoms with Crippen molar-refractivity contribution in [1.82, 2.24) is 0 Å².